The molecule has 0 unspecified atom stereocenters. The van der Waals surface area contributed by atoms with Gasteiger partial charge < -0.3 is 14.5 Å². The van der Waals surface area contributed by atoms with Crippen molar-refractivity contribution in [2.45, 2.75) is 32.4 Å². The van der Waals surface area contributed by atoms with E-state index in [0.717, 1.165) is 21.5 Å². The lowest BCUT2D eigenvalue weighted by atomic mass is 9.90. The van der Waals surface area contributed by atoms with Gasteiger partial charge in [-0.05, 0) is 30.7 Å². The fourth-order valence-electron chi connectivity index (χ4n) is 4.24. The molecule has 34 heavy (non-hydrogen) atoms. The summed E-state index contributed by atoms with van der Waals surface area (Å²) >= 11 is 4.86. The van der Waals surface area contributed by atoms with Crippen LogP contribution in [0.25, 0.3) is 0 Å². The molecule has 2 aromatic carbocycles. The maximum Gasteiger partial charge on any atom is 0.265 e. The van der Waals surface area contributed by atoms with Crippen molar-refractivity contribution in [3.8, 4) is 5.75 Å². The number of likely N-dealkylation sites (tertiary alicyclic amines) is 1. The van der Waals surface area contributed by atoms with Crippen LogP contribution in [0, 0.1) is 12.8 Å². The van der Waals surface area contributed by atoms with Gasteiger partial charge in [0.15, 0.2) is 0 Å². The highest BCUT2D eigenvalue weighted by Gasteiger charge is 2.36. The molecule has 178 valence electrons. The van der Waals surface area contributed by atoms with Crippen LogP contribution in [0.4, 0.5) is 0 Å². The van der Waals surface area contributed by atoms with E-state index in [0.29, 0.717) is 37.4 Å². The summed E-state index contributed by atoms with van der Waals surface area (Å²) in [5, 5.41) is 0. The summed E-state index contributed by atoms with van der Waals surface area (Å²) < 4.78 is 7.28. The monoisotopic (exact) mass is 541 g/mol. The second-order valence-corrected chi connectivity index (χ2v) is 10.4. The Bertz CT molecular complexity index is 1140. The Labute approximate surface area is 212 Å². The van der Waals surface area contributed by atoms with Crippen LogP contribution in [0.2, 0.25) is 0 Å². The quantitative estimate of drug-likeness (QED) is 0.413. The summed E-state index contributed by atoms with van der Waals surface area (Å²) in [6.45, 7) is 3.46. The normalized spacial score (nSPS) is 17.9. The molecule has 8 heteroatoms. The number of carbonyl (C=O) groups excluding carboxylic acids is 2. The molecule has 0 bridgehead atoms. The lowest BCUT2D eigenvalue weighted by Crippen LogP contribution is -2.49. The molecule has 2 atom stereocenters. The molecule has 0 radical (unpaired) electrons. The highest BCUT2D eigenvalue weighted by Crippen LogP contribution is 2.29. The molecule has 0 saturated carbocycles. The lowest BCUT2D eigenvalue weighted by Gasteiger charge is -2.38. The maximum absolute atomic E-state index is 13.2. The molecule has 0 aliphatic carbocycles. The van der Waals surface area contributed by atoms with Crippen LogP contribution in [0.15, 0.2) is 64.6 Å². The topological polar surface area (TPSA) is 62.7 Å². The third kappa shape index (κ3) is 6.04. The van der Waals surface area contributed by atoms with Gasteiger partial charge >= 0.3 is 0 Å². The van der Waals surface area contributed by atoms with Crippen molar-refractivity contribution in [3.05, 3.63) is 80.7 Å². The van der Waals surface area contributed by atoms with Crippen LogP contribution in [0.3, 0.4) is 0 Å². The average Bonchev–Trinajstić information content (AvgIpc) is 3.26. The molecule has 1 aliphatic heterocycles. The van der Waals surface area contributed by atoms with Crippen molar-refractivity contribution in [1.29, 1.82) is 0 Å². The van der Waals surface area contributed by atoms with Gasteiger partial charge in [-0.15, -0.1) is 11.3 Å². The zero-order valence-electron chi connectivity index (χ0n) is 19.3. The van der Waals surface area contributed by atoms with Gasteiger partial charge in [0.2, 0.25) is 5.91 Å². The van der Waals surface area contributed by atoms with E-state index in [1.807, 2.05) is 73.5 Å². The van der Waals surface area contributed by atoms with Crippen LogP contribution in [-0.4, -0.2) is 52.8 Å². The molecular weight excluding hydrogens is 514 g/mol. The first kappa shape index (κ1) is 24.4. The van der Waals surface area contributed by atoms with Crippen molar-refractivity contribution < 1.29 is 14.3 Å². The molecule has 2 heterocycles. The number of hydrogen-bond acceptors (Lipinski definition) is 5. The van der Waals surface area contributed by atoms with E-state index in [1.54, 1.807) is 10.4 Å². The Morgan fingerprint density at radius 3 is 2.71 bits per heavy atom. The third-order valence-corrected chi connectivity index (χ3v) is 7.51. The van der Waals surface area contributed by atoms with Crippen molar-refractivity contribution in [2.24, 2.45) is 5.92 Å². The largest absolute Gasteiger partial charge is 0.490 e. The first-order chi connectivity index (χ1) is 16.4. The first-order valence-electron chi connectivity index (χ1n) is 11.3. The Kier molecular flexibility index (Phi) is 8.00. The first-order valence-corrected chi connectivity index (χ1v) is 13.0. The lowest BCUT2D eigenvalue weighted by molar-refractivity contribution is -0.132. The van der Waals surface area contributed by atoms with E-state index < -0.39 is 0 Å². The van der Waals surface area contributed by atoms with Crippen LogP contribution < -0.4 is 4.74 Å². The van der Waals surface area contributed by atoms with Crippen LogP contribution >= 0.6 is 27.3 Å². The van der Waals surface area contributed by atoms with E-state index in [1.165, 1.54) is 11.3 Å². The fourth-order valence-corrected chi connectivity index (χ4v) is 5.39. The van der Waals surface area contributed by atoms with Crippen LogP contribution in [-0.2, 0) is 11.3 Å². The molecule has 1 aliphatic rings. The Morgan fingerprint density at radius 2 is 2.00 bits per heavy atom. The molecule has 1 fully saturated rings. The molecule has 4 rings (SSSR count). The zero-order chi connectivity index (χ0) is 24.1. The molecule has 1 saturated heterocycles. The van der Waals surface area contributed by atoms with Crippen molar-refractivity contribution >= 4 is 39.1 Å². The van der Waals surface area contributed by atoms with E-state index in [4.69, 9.17) is 4.74 Å². The van der Waals surface area contributed by atoms with Crippen LogP contribution in [0.5, 0.6) is 5.75 Å². The Morgan fingerprint density at radius 1 is 1.21 bits per heavy atom. The number of amides is 2. The highest BCUT2D eigenvalue weighted by molar-refractivity contribution is 9.10. The van der Waals surface area contributed by atoms with E-state index in [9.17, 15) is 9.59 Å². The molecule has 2 amide bonds. The molecule has 3 aromatic rings. The van der Waals surface area contributed by atoms with Gasteiger partial charge in [-0.1, -0.05) is 52.3 Å². The standard InChI is InChI=1S/C26H28BrN3O3S/c1-18-25(34-17-28-18)26(32)30-12-11-23(33-22-10-6-9-21(27)14-22)20(16-30)13-24(31)29(2)15-19-7-4-3-5-8-19/h3-10,14,17,20,23H,11-13,15-16H2,1-2H3/t20-,23-/m0/s1. The van der Waals surface area contributed by atoms with Gasteiger partial charge in [0.25, 0.3) is 5.91 Å². The highest BCUT2D eigenvalue weighted by atomic mass is 79.9. The smallest absolute Gasteiger partial charge is 0.265 e. The van der Waals surface area contributed by atoms with Gasteiger partial charge in [-0.2, -0.15) is 0 Å². The number of aromatic nitrogens is 1. The average molecular weight is 542 g/mol. The molecule has 0 spiro atoms. The van der Waals surface area contributed by atoms with E-state index in [2.05, 4.69) is 20.9 Å². The number of halogens is 1. The van der Waals surface area contributed by atoms with Gasteiger partial charge in [-0.25, -0.2) is 4.98 Å². The van der Waals surface area contributed by atoms with Crippen molar-refractivity contribution in [3.63, 3.8) is 0 Å². The minimum absolute atomic E-state index is 0.0176. The number of ether oxygens (including phenoxy) is 1. The SMILES string of the molecule is Cc1ncsc1C(=O)N1CC[C@H](Oc2cccc(Br)c2)[C@@H](CC(=O)N(C)Cc2ccccc2)C1. The van der Waals surface area contributed by atoms with Crippen LogP contribution in [0.1, 0.15) is 33.8 Å². The van der Waals surface area contributed by atoms with Crippen molar-refractivity contribution in [2.75, 3.05) is 20.1 Å². The summed E-state index contributed by atoms with van der Waals surface area (Å²) in [5.41, 5.74) is 3.53. The second-order valence-electron chi connectivity index (χ2n) is 8.62. The number of piperidine rings is 1. The molecule has 1 aromatic heterocycles. The second kappa shape index (κ2) is 11.1. The Balaban J connectivity index is 1.49. The number of hydrogen-bond donors (Lipinski definition) is 0. The predicted octanol–water partition coefficient (Wildman–Crippen LogP) is 5.17. The van der Waals surface area contributed by atoms with Gasteiger partial charge in [0, 0.05) is 49.9 Å². The summed E-state index contributed by atoms with van der Waals surface area (Å²) in [4.78, 5) is 34.8. The minimum atomic E-state index is -0.157. The summed E-state index contributed by atoms with van der Waals surface area (Å²) in [7, 11) is 1.83. The number of benzene rings is 2. The van der Waals surface area contributed by atoms with E-state index in [-0.39, 0.29) is 23.8 Å². The minimum Gasteiger partial charge on any atom is -0.490 e. The molecular formula is C26H28BrN3O3S. The van der Waals surface area contributed by atoms with Gasteiger partial charge in [0.05, 0.1) is 11.2 Å². The number of nitrogens with zero attached hydrogens (tertiary/aromatic N) is 3. The van der Waals surface area contributed by atoms with Crippen molar-refractivity contribution in [1.82, 2.24) is 14.8 Å². The number of rotatable bonds is 7. The molecule has 0 N–H and O–H groups in total. The molecule has 6 nitrogen and oxygen atoms in total. The Hall–Kier alpha value is -2.71. The van der Waals surface area contributed by atoms with Gasteiger partial charge in [0.1, 0.15) is 16.7 Å². The number of aryl methyl sites for hydroxylation is 1. The van der Waals surface area contributed by atoms with E-state index >= 15 is 0 Å². The maximum atomic E-state index is 13.2. The zero-order valence-corrected chi connectivity index (χ0v) is 21.7. The predicted molar refractivity (Wildman–Crippen MR) is 137 cm³/mol. The number of thiazole rings is 1. The number of carbonyl (C=O) groups is 2. The summed E-state index contributed by atoms with van der Waals surface area (Å²) in [6, 6.07) is 17.7. The third-order valence-electron chi connectivity index (χ3n) is 6.10. The summed E-state index contributed by atoms with van der Waals surface area (Å²) in [5.74, 6) is 0.666. The summed E-state index contributed by atoms with van der Waals surface area (Å²) in [6.07, 6.45) is 0.819. The fraction of sp³-hybridized carbons (Fsp3) is 0.346. The van der Waals surface area contributed by atoms with Gasteiger partial charge in [-0.3, -0.25) is 9.59 Å².